The number of furan rings is 1. The van der Waals surface area contributed by atoms with Gasteiger partial charge in [-0.25, -0.2) is 4.98 Å². The van der Waals surface area contributed by atoms with Gasteiger partial charge in [-0.2, -0.15) is 0 Å². The van der Waals surface area contributed by atoms with Crippen molar-refractivity contribution in [2.45, 2.75) is 26.4 Å². The summed E-state index contributed by atoms with van der Waals surface area (Å²) in [6.45, 7) is 2.89. The minimum Gasteiger partial charge on any atom is -0.467 e. The topological polar surface area (TPSA) is 72.4 Å². The number of rotatable bonds is 5. The molecule has 6 heteroatoms. The lowest BCUT2D eigenvalue weighted by Gasteiger charge is -2.14. The minimum absolute atomic E-state index is 0.0864. The molecule has 19 heavy (non-hydrogen) atoms. The average Bonchev–Trinajstić information content (AvgIpc) is 3.06. The van der Waals surface area contributed by atoms with Gasteiger partial charge in [-0.3, -0.25) is 4.79 Å². The molecule has 1 amide bonds. The number of carbonyl (C=O) groups excluding carboxylic acids is 1. The number of aromatic nitrogens is 1. The van der Waals surface area contributed by atoms with Crippen LogP contribution >= 0.6 is 11.3 Å². The van der Waals surface area contributed by atoms with Crippen LogP contribution in [-0.2, 0) is 19.5 Å². The summed E-state index contributed by atoms with van der Waals surface area (Å²) < 4.78 is 5.17. The first-order chi connectivity index (χ1) is 9.13. The summed E-state index contributed by atoms with van der Waals surface area (Å²) in [7, 11) is 1.75. The molecule has 0 saturated heterocycles. The largest absolute Gasteiger partial charge is 0.467 e. The number of amides is 1. The van der Waals surface area contributed by atoms with Crippen LogP contribution in [0, 0.1) is 0 Å². The molecule has 0 aliphatic rings. The molecule has 102 valence electrons. The van der Waals surface area contributed by atoms with Crippen LogP contribution in [-0.4, -0.2) is 22.8 Å². The Bertz CT molecular complexity index is 562. The molecular formula is C13H17N3O2S. The molecule has 2 heterocycles. The predicted octanol–water partition coefficient (Wildman–Crippen LogP) is 2.03. The van der Waals surface area contributed by atoms with Crippen LogP contribution in [0.1, 0.15) is 32.9 Å². The van der Waals surface area contributed by atoms with Crippen molar-refractivity contribution >= 4 is 17.2 Å². The molecule has 2 N–H and O–H groups in total. The average molecular weight is 279 g/mol. The first kappa shape index (κ1) is 13.8. The monoisotopic (exact) mass is 279 g/mol. The van der Waals surface area contributed by atoms with Crippen LogP contribution < -0.4 is 5.73 Å². The molecule has 0 fully saturated rings. The van der Waals surface area contributed by atoms with E-state index in [1.165, 1.54) is 11.1 Å². The van der Waals surface area contributed by atoms with Gasteiger partial charge in [0.1, 0.15) is 17.0 Å². The van der Waals surface area contributed by atoms with Gasteiger partial charge in [-0.05, 0) is 12.5 Å². The van der Waals surface area contributed by atoms with Gasteiger partial charge in [-0.15, -0.1) is 11.3 Å². The Morgan fingerprint density at radius 3 is 2.95 bits per heavy atom. The summed E-state index contributed by atoms with van der Waals surface area (Å²) in [5.41, 5.74) is 5.98. The Morgan fingerprint density at radius 2 is 2.37 bits per heavy atom. The second kappa shape index (κ2) is 5.99. The van der Waals surface area contributed by atoms with Crippen molar-refractivity contribution in [3.8, 4) is 0 Å². The number of carbonyl (C=O) groups is 1. The van der Waals surface area contributed by atoms with E-state index in [0.717, 1.165) is 11.4 Å². The molecule has 0 radical (unpaired) electrons. The van der Waals surface area contributed by atoms with E-state index < -0.39 is 0 Å². The number of aryl methyl sites for hydroxylation is 1. The molecule has 0 spiro atoms. The third-order valence-corrected chi connectivity index (χ3v) is 3.90. The molecule has 0 saturated carbocycles. The third kappa shape index (κ3) is 3.21. The van der Waals surface area contributed by atoms with Gasteiger partial charge in [0.15, 0.2) is 0 Å². The lowest BCUT2D eigenvalue weighted by atomic mass is 10.2. The molecule has 0 aliphatic heterocycles. The van der Waals surface area contributed by atoms with E-state index in [1.54, 1.807) is 29.4 Å². The highest BCUT2D eigenvalue weighted by atomic mass is 32.1. The number of nitrogens with two attached hydrogens (primary N) is 1. The van der Waals surface area contributed by atoms with E-state index >= 15 is 0 Å². The molecule has 2 rings (SSSR count). The van der Waals surface area contributed by atoms with Crippen molar-refractivity contribution in [2.75, 3.05) is 7.05 Å². The zero-order valence-corrected chi connectivity index (χ0v) is 11.9. The summed E-state index contributed by atoms with van der Waals surface area (Å²) >= 11 is 1.64. The Kier molecular flexibility index (Phi) is 4.34. The van der Waals surface area contributed by atoms with Crippen LogP contribution in [0.15, 0.2) is 22.9 Å². The van der Waals surface area contributed by atoms with Crippen molar-refractivity contribution in [1.82, 2.24) is 9.88 Å². The van der Waals surface area contributed by atoms with E-state index in [4.69, 9.17) is 10.2 Å². The first-order valence-electron chi connectivity index (χ1n) is 6.10. The lowest BCUT2D eigenvalue weighted by Crippen LogP contribution is -2.25. The van der Waals surface area contributed by atoms with Crippen LogP contribution in [0.25, 0.3) is 0 Å². The molecule has 5 nitrogen and oxygen atoms in total. The Morgan fingerprint density at radius 1 is 1.58 bits per heavy atom. The second-order valence-electron chi connectivity index (χ2n) is 4.24. The van der Waals surface area contributed by atoms with Gasteiger partial charge in [0.2, 0.25) is 0 Å². The van der Waals surface area contributed by atoms with Crippen molar-refractivity contribution in [1.29, 1.82) is 0 Å². The summed E-state index contributed by atoms with van der Waals surface area (Å²) in [6, 6.07) is 1.68. The summed E-state index contributed by atoms with van der Waals surface area (Å²) in [5, 5.41) is 0.940. The number of hydrogen-bond acceptors (Lipinski definition) is 5. The van der Waals surface area contributed by atoms with Gasteiger partial charge in [0, 0.05) is 18.1 Å². The fraction of sp³-hybridized carbons (Fsp3) is 0.385. The third-order valence-electron chi connectivity index (χ3n) is 2.77. The van der Waals surface area contributed by atoms with Crippen molar-refractivity contribution in [3.05, 3.63) is 39.7 Å². The van der Waals surface area contributed by atoms with Gasteiger partial charge in [0.25, 0.3) is 5.91 Å². The zero-order chi connectivity index (χ0) is 13.8. The summed E-state index contributed by atoms with van der Waals surface area (Å²) in [5.74, 6) is 0.524. The predicted molar refractivity (Wildman–Crippen MR) is 73.9 cm³/mol. The van der Waals surface area contributed by atoms with E-state index in [1.807, 2.05) is 6.20 Å². The molecule has 2 aromatic heterocycles. The SMILES string of the molecule is CCc1cnc(CN(C)C(=O)c2coc(CN)c2)s1. The highest BCUT2D eigenvalue weighted by Crippen LogP contribution is 2.16. The van der Waals surface area contributed by atoms with Crippen LogP contribution in [0.3, 0.4) is 0 Å². The normalized spacial score (nSPS) is 10.7. The Labute approximate surface area is 116 Å². The zero-order valence-electron chi connectivity index (χ0n) is 11.0. The molecule has 0 bridgehead atoms. The van der Waals surface area contributed by atoms with Crippen LogP contribution in [0.2, 0.25) is 0 Å². The van der Waals surface area contributed by atoms with Crippen molar-refractivity contribution < 1.29 is 9.21 Å². The van der Waals surface area contributed by atoms with Crippen molar-refractivity contribution in [2.24, 2.45) is 5.73 Å². The summed E-state index contributed by atoms with van der Waals surface area (Å²) in [6.07, 6.45) is 4.28. The quantitative estimate of drug-likeness (QED) is 0.909. The van der Waals surface area contributed by atoms with E-state index in [9.17, 15) is 4.79 Å². The van der Waals surface area contributed by atoms with Gasteiger partial charge in [0.05, 0.1) is 18.7 Å². The number of nitrogens with zero attached hydrogens (tertiary/aromatic N) is 2. The standard InChI is InChI=1S/C13H17N3O2S/c1-3-11-6-15-12(19-11)7-16(2)13(17)9-4-10(5-14)18-8-9/h4,6,8H,3,5,7,14H2,1-2H3. The van der Waals surface area contributed by atoms with Crippen LogP contribution in [0.5, 0.6) is 0 Å². The molecule has 0 aromatic carbocycles. The summed E-state index contributed by atoms with van der Waals surface area (Å²) in [4.78, 5) is 19.3. The van der Waals surface area contributed by atoms with Crippen LogP contribution in [0.4, 0.5) is 0 Å². The van der Waals surface area contributed by atoms with E-state index in [0.29, 0.717) is 24.4 Å². The van der Waals surface area contributed by atoms with E-state index in [2.05, 4.69) is 11.9 Å². The molecular weight excluding hydrogens is 262 g/mol. The maximum absolute atomic E-state index is 12.2. The lowest BCUT2D eigenvalue weighted by molar-refractivity contribution is 0.0784. The molecule has 0 aliphatic carbocycles. The maximum atomic E-state index is 12.2. The van der Waals surface area contributed by atoms with Gasteiger partial charge in [-0.1, -0.05) is 6.92 Å². The van der Waals surface area contributed by atoms with Gasteiger partial charge >= 0.3 is 0 Å². The first-order valence-corrected chi connectivity index (χ1v) is 6.92. The van der Waals surface area contributed by atoms with Gasteiger partial charge < -0.3 is 15.1 Å². The highest BCUT2D eigenvalue weighted by molar-refractivity contribution is 7.11. The smallest absolute Gasteiger partial charge is 0.257 e. The number of hydrogen-bond donors (Lipinski definition) is 1. The minimum atomic E-state index is -0.0864. The fourth-order valence-corrected chi connectivity index (χ4v) is 2.60. The molecule has 2 aromatic rings. The fourth-order valence-electron chi connectivity index (χ4n) is 1.68. The van der Waals surface area contributed by atoms with E-state index in [-0.39, 0.29) is 5.91 Å². The maximum Gasteiger partial charge on any atom is 0.257 e. The Hall–Kier alpha value is -1.66. The Balaban J connectivity index is 2.02. The molecule has 0 unspecified atom stereocenters. The second-order valence-corrected chi connectivity index (χ2v) is 5.44. The number of thiazole rings is 1. The van der Waals surface area contributed by atoms with Crippen molar-refractivity contribution in [3.63, 3.8) is 0 Å². The highest BCUT2D eigenvalue weighted by Gasteiger charge is 2.16. The molecule has 0 atom stereocenters.